The summed E-state index contributed by atoms with van der Waals surface area (Å²) in [7, 11) is 1.88. The SMILES string of the molecule is CN=C(NCc1nnc2n1CCCC2)N1CCC(N2CCCCC2)C1. The van der Waals surface area contributed by atoms with Gasteiger partial charge in [0.2, 0.25) is 0 Å². The van der Waals surface area contributed by atoms with Gasteiger partial charge in [-0.05, 0) is 45.2 Å². The zero-order valence-electron chi connectivity index (χ0n) is 15.5. The van der Waals surface area contributed by atoms with Crippen molar-refractivity contribution in [2.45, 2.75) is 64.1 Å². The first-order chi connectivity index (χ1) is 12.3. The minimum absolute atomic E-state index is 0.694. The van der Waals surface area contributed by atoms with E-state index in [0.29, 0.717) is 12.6 Å². The van der Waals surface area contributed by atoms with Gasteiger partial charge >= 0.3 is 0 Å². The van der Waals surface area contributed by atoms with Crippen LogP contribution in [0.15, 0.2) is 4.99 Å². The van der Waals surface area contributed by atoms with Gasteiger partial charge in [0, 0.05) is 39.1 Å². The molecule has 0 saturated carbocycles. The Balaban J connectivity index is 1.33. The summed E-state index contributed by atoms with van der Waals surface area (Å²) >= 11 is 0. The Morgan fingerprint density at radius 2 is 1.92 bits per heavy atom. The van der Waals surface area contributed by atoms with Crippen molar-refractivity contribution in [2.24, 2.45) is 4.99 Å². The number of hydrogen-bond donors (Lipinski definition) is 1. The maximum Gasteiger partial charge on any atom is 0.194 e. The van der Waals surface area contributed by atoms with Crippen molar-refractivity contribution < 1.29 is 0 Å². The molecule has 7 heteroatoms. The molecule has 1 N–H and O–H groups in total. The highest BCUT2D eigenvalue weighted by atomic mass is 15.4. The van der Waals surface area contributed by atoms with Gasteiger partial charge in [0.25, 0.3) is 0 Å². The van der Waals surface area contributed by atoms with E-state index in [0.717, 1.165) is 43.7 Å². The van der Waals surface area contributed by atoms with Gasteiger partial charge in [-0.1, -0.05) is 6.42 Å². The fourth-order valence-corrected chi connectivity index (χ4v) is 4.51. The van der Waals surface area contributed by atoms with E-state index in [2.05, 4.69) is 34.9 Å². The lowest BCUT2D eigenvalue weighted by Crippen LogP contribution is -2.44. The summed E-state index contributed by atoms with van der Waals surface area (Å²) in [6, 6.07) is 0.694. The summed E-state index contributed by atoms with van der Waals surface area (Å²) < 4.78 is 2.28. The van der Waals surface area contributed by atoms with Crippen LogP contribution in [0.3, 0.4) is 0 Å². The van der Waals surface area contributed by atoms with Gasteiger partial charge in [-0.25, -0.2) is 0 Å². The van der Waals surface area contributed by atoms with Gasteiger partial charge in [0.15, 0.2) is 11.8 Å². The molecule has 0 aliphatic carbocycles. The van der Waals surface area contributed by atoms with Gasteiger partial charge < -0.3 is 14.8 Å². The van der Waals surface area contributed by atoms with E-state index in [1.807, 2.05) is 7.05 Å². The second-order valence-electron chi connectivity index (χ2n) is 7.53. The Hall–Kier alpha value is -1.63. The van der Waals surface area contributed by atoms with Crippen LogP contribution in [-0.2, 0) is 19.5 Å². The number of fused-ring (bicyclic) bond motifs is 1. The highest BCUT2D eigenvalue weighted by Gasteiger charge is 2.30. The molecule has 0 aromatic carbocycles. The zero-order chi connectivity index (χ0) is 17.1. The Bertz CT molecular complexity index is 603. The van der Waals surface area contributed by atoms with E-state index in [1.54, 1.807) is 0 Å². The topological polar surface area (TPSA) is 61.6 Å². The van der Waals surface area contributed by atoms with Crippen LogP contribution in [0.25, 0.3) is 0 Å². The van der Waals surface area contributed by atoms with E-state index >= 15 is 0 Å². The van der Waals surface area contributed by atoms with Crippen LogP contribution >= 0.6 is 0 Å². The van der Waals surface area contributed by atoms with Crippen molar-refractivity contribution >= 4 is 5.96 Å². The van der Waals surface area contributed by atoms with E-state index < -0.39 is 0 Å². The molecule has 0 radical (unpaired) electrons. The van der Waals surface area contributed by atoms with E-state index in [9.17, 15) is 0 Å². The Morgan fingerprint density at radius 3 is 2.76 bits per heavy atom. The van der Waals surface area contributed by atoms with Crippen LogP contribution in [0.5, 0.6) is 0 Å². The van der Waals surface area contributed by atoms with Gasteiger partial charge in [-0.2, -0.15) is 0 Å². The van der Waals surface area contributed by atoms with Crippen LogP contribution in [0.4, 0.5) is 0 Å². The fourth-order valence-electron chi connectivity index (χ4n) is 4.51. The first-order valence-corrected chi connectivity index (χ1v) is 9.96. The van der Waals surface area contributed by atoms with Gasteiger partial charge in [0.1, 0.15) is 5.82 Å². The normalized spacial score (nSPS) is 25.2. The monoisotopic (exact) mass is 345 g/mol. The number of nitrogens with one attached hydrogen (secondary N) is 1. The molecular formula is C18H31N7. The third-order valence-corrected chi connectivity index (χ3v) is 5.92. The molecule has 3 aliphatic heterocycles. The van der Waals surface area contributed by atoms with Crippen molar-refractivity contribution in [3.8, 4) is 0 Å². The molecule has 25 heavy (non-hydrogen) atoms. The summed E-state index contributed by atoms with van der Waals surface area (Å²) in [4.78, 5) is 9.61. The largest absolute Gasteiger partial charge is 0.349 e. The number of aromatic nitrogens is 3. The van der Waals surface area contributed by atoms with Crippen LogP contribution in [0, 0.1) is 0 Å². The Morgan fingerprint density at radius 1 is 1.08 bits per heavy atom. The number of nitrogens with zero attached hydrogens (tertiary/aromatic N) is 6. The summed E-state index contributed by atoms with van der Waals surface area (Å²) in [6.07, 6.45) is 8.91. The quantitative estimate of drug-likeness (QED) is 0.660. The number of aryl methyl sites for hydroxylation is 1. The molecule has 0 amide bonds. The lowest BCUT2D eigenvalue weighted by atomic mass is 10.1. The number of aliphatic imine (C=N–C) groups is 1. The average molecular weight is 345 g/mol. The molecule has 138 valence electrons. The Kier molecular flexibility index (Phi) is 5.20. The number of hydrogen-bond acceptors (Lipinski definition) is 4. The minimum atomic E-state index is 0.694. The number of piperidine rings is 1. The van der Waals surface area contributed by atoms with E-state index in [-0.39, 0.29) is 0 Å². The van der Waals surface area contributed by atoms with Crippen molar-refractivity contribution in [1.82, 2.24) is 29.9 Å². The molecule has 4 heterocycles. The van der Waals surface area contributed by atoms with Gasteiger partial charge in [0.05, 0.1) is 6.54 Å². The molecule has 1 unspecified atom stereocenters. The van der Waals surface area contributed by atoms with Crippen LogP contribution in [0.2, 0.25) is 0 Å². The Labute approximate surface area is 150 Å². The van der Waals surface area contributed by atoms with Gasteiger partial charge in [-0.15, -0.1) is 10.2 Å². The molecule has 3 aliphatic rings. The van der Waals surface area contributed by atoms with Crippen molar-refractivity contribution in [1.29, 1.82) is 0 Å². The third kappa shape index (κ3) is 3.66. The third-order valence-electron chi connectivity index (χ3n) is 5.92. The lowest BCUT2D eigenvalue weighted by molar-refractivity contribution is 0.168. The molecule has 1 atom stereocenters. The molecule has 2 fully saturated rings. The molecule has 2 saturated heterocycles. The summed E-state index contributed by atoms with van der Waals surface area (Å²) in [5, 5.41) is 12.3. The van der Waals surface area contributed by atoms with Crippen LogP contribution in [-0.4, -0.2) is 69.8 Å². The number of rotatable bonds is 3. The lowest BCUT2D eigenvalue weighted by Gasteiger charge is -2.32. The first-order valence-electron chi connectivity index (χ1n) is 9.96. The average Bonchev–Trinajstić information content (AvgIpc) is 3.31. The first kappa shape index (κ1) is 16.8. The standard InChI is InChI=1S/C18H31N7/c1-19-18(20-13-17-22-21-16-7-3-6-11-25(16)17)24-12-8-15(14-24)23-9-4-2-5-10-23/h15H,2-14H2,1H3,(H,19,20). The second-order valence-corrected chi connectivity index (χ2v) is 7.53. The highest BCUT2D eigenvalue weighted by Crippen LogP contribution is 2.20. The maximum atomic E-state index is 4.52. The zero-order valence-corrected chi connectivity index (χ0v) is 15.5. The molecule has 4 rings (SSSR count). The van der Waals surface area contributed by atoms with Crippen molar-refractivity contribution in [2.75, 3.05) is 33.2 Å². The van der Waals surface area contributed by atoms with Crippen LogP contribution < -0.4 is 5.32 Å². The maximum absolute atomic E-state index is 4.52. The highest BCUT2D eigenvalue weighted by molar-refractivity contribution is 5.80. The van der Waals surface area contributed by atoms with E-state index in [1.165, 1.54) is 51.6 Å². The van der Waals surface area contributed by atoms with Crippen molar-refractivity contribution in [3.63, 3.8) is 0 Å². The molecular weight excluding hydrogens is 314 g/mol. The fraction of sp³-hybridized carbons (Fsp3) is 0.833. The van der Waals surface area contributed by atoms with E-state index in [4.69, 9.17) is 0 Å². The molecule has 7 nitrogen and oxygen atoms in total. The summed E-state index contributed by atoms with van der Waals surface area (Å²) in [6.45, 7) is 6.51. The number of guanidine groups is 1. The minimum Gasteiger partial charge on any atom is -0.349 e. The molecule has 0 bridgehead atoms. The van der Waals surface area contributed by atoms with Crippen LogP contribution in [0.1, 0.15) is 50.2 Å². The predicted octanol–water partition coefficient (Wildman–Crippen LogP) is 1.25. The summed E-state index contributed by atoms with van der Waals surface area (Å²) in [5.41, 5.74) is 0. The predicted molar refractivity (Wildman–Crippen MR) is 98.6 cm³/mol. The number of likely N-dealkylation sites (tertiary alicyclic amines) is 2. The summed E-state index contributed by atoms with van der Waals surface area (Å²) in [5.74, 6) is 3.19. The smallest absolute Gasteiger partial charge is 0.194 e. The molecule has 0 spiro atoms. The van der Waals surface area contributed by atoms with Gasteiger partial charge in [-0.3, -0.25) is 9.89 Å². The second kappa shape index (κ2) is 7.72. The molecule has 1 aromatic rings. The molecule has 1 aromatic heterocycles. The van der Waals surface area contributed by atoms with Crippen molar-refractivity contribution in [3.05, 3.63) is 11.6 Å².